The van der Waals surface area contributed by atoms with Crippen molar-refractivity contribution in [1.29, 1.82) is 5.26 Å². The number of carbonyl (C=O) groups is 1. The summed E-state index contributed by atoms with van der Waals surface area (Å²) in [6.45, 7) is 6.94. The summed E-state index contributed by atoms with van der Waals surface area (Å²) in [5.41, 5.74) is -0.142. The summed E-state index contributed by atoms with van der Waals surface area (Å²) in [4.78, 5) is 11.1. The molecule has 0 saturated heterocycles. The number of nitrogens with zero attached hydrogens (tertiary/aromatic N) is 1. The monoisotopic (exact) mass is 240 g/mol. The van der Waals surface area contributed by atoms with Crippen LogP contribution < -0.4 is 5.32 Å². The molecule has 17 heavy (non-hydrogen) atoms. The van der Waals surface area contributed by atoms with Crippen molar-refractivity contribution < 1.29 is 14.6 Å². The van der Waals surface area contributed by atoms with Crippen LogP contribution in [0.1, 0.15) is 33.6 Å². The second-order valence-electron chi connectivity index (χ2n) is 5.53. The number of hydrogen-bond acceptors (Lipinski definition) is 4. The van der Waals surface area contributed by atoms with Crippen LogP contribution in [-0.2, 0) is 4.74 Å². The number of carbonyl (C=O) groups excluding carboxylic acids is 1. The molecule has 1 fully saturated rings. The van der Waals surface area contributed by atoms with Gasteiger partial charge in [0.05, 0.1) is 0 Å². The summed E-state index contributed by atoms with van der Waals surface area (Å²) >= 11 is 0. The highest BCUT2D eigenvalue weighted by Crippen LogP contribution is 2.55. The molecular weight excluding hydrogens is 220 g/mol. The summed E-state index contributed by atoms with van der Waals surface area (Å²) in [7, 11) is 0. The van der Waals surface area contributed by atoms with Gasteiger partial charge < -0.3 is 15.2 Å². The van der Waals surface area contributed by atoms with Gasteiger partial charge in [0, 0.05) is 13.2 Å². The van der Waals surface area contributed by atoms with Crippen LogP contribution in [0.25, 0.3) is 0 Å². The lowest BCUT2D eigenvalue weighted by Gasteiger charge is -2.41. The van der Waals surface area contributed by atoms with Crippen LogP contribution >= 0.6 is 0 Å². The molecule has 1 amide bonds. The first-order valence-corrected chi connectivity index (χ1v) is 5.82. The molecule has 0 aromatic rings. The van der Waals surface area contributed by atoms with Gasteiger partial charge in [-0.3, -0.25) is 0 Å². The van der Waals surface area contributed by atoms with Crippen molar-refractivity contribution >= 4 is 6.09 Å². The maximum Gasteiger partial charge on any atom is 0.422 e. The minimum Gasteiger partial charge on any atom is -0.396 e. The van der Waals surface area contributed by atoms with Crippen molar-refractivity contribution in [3.63, 3.8) is 0 Å². The molecule has 0 aromatic carbocycles. The van der Waals surface area contributed by atoms with E-state index in [1.54, 1.807) is 0 Å². The highest BCUT2D eigenvalue weighted by Gasteiger charge is 2.50. The summed E-state index contributed by atoms with van der Waals surface area (Å²) in [5, 5.41) is 20.2. The summed E-state index contributed by atoms with van der Waals surface area (Å²) < 4.78 is 4.17. The quantitative estimate of drug-likeness (QED) is 0.734. The number of alkyl carbamates (subject to hydrolysis) is 1. The predicted molar refractivity (Wildman–Crippen MR) is 61.8 cm³/mol. The maximum absolute atomic E-state index is 11.1. The molecule has 1 saturated carbocycles. The van der Waals surface area contributed by atoms with Crippen LogP contribution in [0.2, 0.25) is 0 Å². The summed E-state index contributed by atoms with van der Waals surface area (Å²) in [6, 6.07) is 0. The molecule has 0 heterocycles. The second-order valence-corrected chi connectivity index (χ2v) is 5.53. The number of rotatable bonds is 3. The standard InChI is InChI=1S/C12H20N2O3/c1-11(2)9(6-15)4-5-12(11,3)7-14-10(16)17-8-13/h9,15H,4-7H2,1-3H3,(H,14,16)/t9-,12+/m1/s1. The number of nitriles is 1. The zero-order chi connectivity index (χ0) is 13.1. The smallest absolute Gasteiger partial charge is 0.396 e. The topological polar surface area (TPSA) is 82.3 Å². The largest absolute Gasteiger partial charge is 0.422 e. The van der Waals surface area contributed by atoms with Gasteiger partial charge in [-0.25, -0.2) is 4.79 Å². The minimum absolute atomic E-state index is 0.0539. The fourth-order valence-corrected chi connectivity index (χ4v) is 2.65. The Hall–Kier alpha value is -1.28. The van der Waals surface area contributed by atoms with Crippen LogP contribution in [0.15, 0.2) is 0 Å². The van der Waals surface area contributed by atoms with Gasteiger partial charge in [-0.2, -0.15) is 0 Å². The van der Waals surface area contributed by atoms with Crippen molar-refractivity contribution in [3.8, 4) is 6.26 Å². The Morgan fingerprint density at radius 3 is 2.71 bits per heavy atom. The van der Waals surface area contributed by atoms with Crippen LogP contribution in [0, 0.1) is 28.3 Å². The molecule has 1 aliphatic rings. The van der Waals surface area contributed by atoms with Gasteiger partial charge in [-0.05, 0) is 29.6 Å². The molecule has 0 radical (unpaired) electrons. The highest BCUT2D eigenvalue weighted by atomic mass is 16.5. The molecule has 96 valence electrons. The molecule has 5 heteroatoms. The number of amides is 1. The van der Waals surface area contributed by atoms with Gasteiger partial charge in [0.1, 0.15) is 0 Å². The second kappa shape index (κ2) is 4.92. The van der Waals surface area contributed by atoms with E-state index in [-0.39, 0.29) is 23.4 Å². The molecule has 1 rings (SSSR count). The van der Waals surface area contributed by atoms with E-state index in [9.17, 15) is 9.90 Å². The highest BCUT2D eigenvalue weighted by molar-refractivity contribution is 5.68. The van der Waals surface area contributed by atoms with Gasteiger partial charge in [0.2, 0.25) is 0 Å². The Balaban J connectivity index is 2.64. The van der Waals surface area contributed by atoms with Crippen molar-refractivity contribution in [3.05, 3.63) is 0 Å². The Morgan fingerprint density at radius 1 is 1.59 bits per heavy atom. The minimum atomic E-state index is -0.711. The molecule has 0 bridgehead atoms. The summed E-state index contributed by atoms with van der Waals surface area (Å²) in [6.07, 6.45) is 2.53. The molecule has 2 N–H and O–H groups in total. The summed E-state index contributed by atoms with van der Waals surface area (Å²) in [5.74, 6) is 0.251. The van der Waals surface area contributed by atoms with E-state index < -0.39 is 6.09 Å². The van der Waals surface area contributed by atoms with Gasteiger partial charge >= 0.3 is 6.09 Å². The van der Waals surface area contributed by atoms with E-state index in [0.29, 0.717) is 6.54 Å². The fraction of sp³-hybridized carbons (Fsp3) is 0.833. The fourth-order valence-electron chi connectivity index (χ4n) is 2.65. The lowest BCUT2D eigenvalue weighted by Crippen LogP contribution is -2.44. The number of aliphatic hydroxyl groups excluding tert-OH is 1. The van der Waals surface area contributed by atoms with Crippen molar-refractivity contribution in [1.82, 2.24) is 5.32 Å². The van der Waals surface area contributed by atoms with Crippen LogP contribution in [-0.4, -0.2) is 24.4 Å². The third-order valence-corrected chi connectivity index (χ3v) is 4.60. The van der Waals surface area contributed by atoms with E-state index in [4.69, 9.17) is 5.26 Å². The number of hydrogen-bond donors (Lipinski definition) is 2. The molecule has 0 unspecified atom stereocenters. The maximum atomic E-state index is 11.1. The molecule has 0 aliphatic heterocycles. The van der Waals surface area contributed by atoms with E-state index >= 15 is 0 Å². The normalized spacial score (nSPS) is 30.6. The lowest BCUT2D eigenvalue weighted by atomic mass is 9.66. The SMILES string of the molecule is CC1(C)[C@@H](CO)CC[C@@]1(C)CNC(=O)OC#N. The third-order valence-electron chi connectivity index (χ3n) is 4.60. The molecule has 0 aromatic heterocycles. The van der Waals surface area contributed by atoms with Crippen molar-refractivity contribution in [2.75, 3.05) is 13.2 Å². The van der Waals surface area contributed by atoms with Crippen molar-refractivity contribution in [2.24, 2.45) is 16.7 Å². The number of aliphatic hydroxyl groups is 1. The molecular formula is C12H20N2O3. The van der Waals surface area contributed by atoms with E-state index in [1.165, 1.54) is 6.26 Å². The van der Waals surface area contributed by atoms with E-state index in [2.05, 4.69) is 30.8 Å². The van der Waals surface area contributed by atoms with Crippen LogP contribution in [0.5, 0.6) is 0 Å². The first kappa shape index (κ1) is 13.8. The first-order valence-electron chi connectivity index (χ1n) is 5.82. The molecule has 0 spiro atoms. The van der Waals surface area contributed by atoms with Crippen LogP contribution in [0.4, 0.5) is 4.79 Å². The van der Waals surface area contributed by atoms with Crippen molar-refractivity contribution in [2.45, 2.75) is 33.6 Å². The number of nitrogens with one attached hydrogen (secondary N) is 1. The molecule has 2 atom stereocenters. The van der Waals surface area contributed by atoms with Gasteiger partial charge in [0.15, 0.2) is 0 Å². The predicted octanol–water partition coefficient (Wildman–Crippen LogP) is 1.63. The first-order chi connectivity index (χ1) is 7.87. The van der Waals surface area contributed by atoms with Gasteiger partial charge in [-0.15, -0.1) is 5.26 Å². The number of ether oxygens (including phenoxy) is 1. The zero-order valence-corrected chi connectivity index (χ0v) is 10.6. The molecule has 1 aliphatic carbocycles. The Kier molecular flexibility index (Phi) is 3.99. The van der Waals surface area contributed by atoms with Crippen LogP contribution in [0.3, 0.4) is 0 Å². The van der Waals surface area contributed by atoms with Gasteiger partial charge in [-0.1, -0.05) is 20.8 Å². The lowest BCUT2D eigenvalue weighted by molar-refractivity contribution is 0.0555. The molecule has 5 nitrogen and oxygen atoms in total. The Bertz CT molecular complexity index is 335. The van der Waals surface area contributed by atoms with E-state index in [0.717, 1.165) is 12.8 Å². The zero-order valence-electron chi connectivity index (χ0n) is 10.6. The average molecular weight is 240 g/mol. The Morgan fingerprint density at radius 2 is 2.24 bits per heavy atom. The van der Waals surface area contributed by atoms with Gasteiger partial charge in [0.25, 0.3) is 6.26 Å². The Labute approximate surface area is 102 Å². The van der Waals surface area contributed by atoms with E-state index in [1.807, 2.05) is 0 Å². The average Bonchev–Trinajstić information content (AvgIpc) is 2.48. The third kappa shape index (κ3) is 2.52.